The van der Waals surface area contributed by atoms with E-state index in [1.165, 1.54) is 17.5 Å². The minimum atomic E-state index is 0.0669. The largest absolute Gasteiger partial charge is 0.378 e. The Morgan fingerprint density at radius 2 is 1.85 bits per heavy atom. The third-order valence-corrected chi connectivity index (χ3v) is 6.26. The van der Waals surface area contributed by atoms with Crippen LogP contribution in [0.5, 0.6) is 0 Å². The van der Waals surface area contributed by atoms with Crippen LogP contribution in [0.2, 0.25) is 0 Å². The maximum Gasteiger partial charge on any atom is 0.251 e. The van der Waals surface area contributed by atoms with Crippen molar-refractivity contribution >= 4 is 11.6 Å². The van der Waals surface area contributed by atoms with Gasteiger partial charge in [-0.15, -0.1) is 0 Å². The van der Waals surface area contributed by atoms with E-state index in [9.17, 15) is 4.79 Å². The molecule has 4 nitrogen and oxygen atoms in total. The fourth-order valence-corrected chi connectivity index (χ4v) is 4.60. The number of benzene rings is 2. The Morgan fingerprint density at radius 1 is 1.00 bits per heavy atom. The van der Waals surface area contributed by atoms with Gasteiger partial charge in [0, 0.05) is 29.3 Å². The summed E-state index contributed by atoms with van der Waals surface area (Å²) in [5, 5.41) is 10.6. The molecule has 0 bridgehead atoms. The van der Waals surface area contributed by atoms with Crippen molar-refractivity contribution in [3.63, 3.8) is 0 Å². The van der Waals surface area contributed by atoms with Gasteiger partial charge >= 0.3 is 0 Å². The second kappa shape index (κ2) is 6.44. The van der Waals surface area contributed by atoms with Crippen LogP contribution in [0, 0.1) is 5.92 Å². The van der Waals surface area contributed by atoms with Crippen LogP contribution in [0.15, 0.2) is 48.5 Å². The lowest BCUT2D eigenvalue weighted by Crippen LogP contribution is -2.39. The number of carbonyl (C=O) groups is 1. The maximum atomic E-state index is 12.6. The molecule has 2 aromatic rings. The minimum absolute atomic E-state index is 0.0669. The van der Waals surface area contributed by atoms with Crippen molar-refractivity contribution < 1.29 is 4.79 Å². The van der Waals surface area contributed by atoms with Crippen molar-refractivity contribution in [3.8, 4) is 0 Å². The highest BCUT2D eigenvalue weighted by Gasteiger charge is 2.40. The average molecular weight is 347 g/mol. The first-order valence-corrected chi connectivity index (χ1v) is 9.79. The third kappa shape index (κ3) is 2.69. The number of hydrogen-bond acceptors (Lipinski definition) is 3. The highest BCUT2D eigenvalue weighted by molar-refractivity contribution is 5.95. The van der Waals surface area contributed by atoms with Crippen LogP contribution in [0.4, 0.5) is 5.69 Å². The molecule has 2 heterocycles. The average Bonchev–Trinajstić information content (AvgIpc) is 3.14. The molecule has 3 unspecified atom stereocenters. The van der Waals surface area contributed by atoms with E-state index >= 15 is 0 Å². The molecule has 0 radical (unpaired) electrons. The lowest BCUT2D eigenvalue weighted by molar-refractivity contribution is 0.0917. The van der Waals surface area contributed by atoms with Gasteiger partial charge in [0.15, 0.2) is 0 Å². The number of nitrogens with one attached hydrogen (secondary N) is 3. The Hall–Kier alpha value is -2.33. The third-order valence-electron chi connectivity index (χ3n) is 6.26. The molecule has 0 aromatic heterocycles. The van der Waals surface area contributed by atoms with Gasteiger partial charge in [-0.25, -0.2) is 0 Å². The topological polar surface area (TPSA) is 53.2 Å². The first-order chi connectivity index (χ1) is 12.8. The van der Waals surface area contributed by atoms with Crippen molar-refractivity contribution in [2.24, 2.45) is 5.92 Å². The Labute approximate surface area is 154 Å². The zero-order chi connectivity index (χ0) is 17.5. The number of anilines is 1. The first-order valence-electron chi connectivity index (χ1n) is 9.79. The summed E-state index contributed by atoms with van der Waals surface area (Å²) in [7, 11) is 0. The second-order valence-corrected chi connectivity index (χ2v) is 7.82. The van der Waals surface area contributed by atoms with Crippen molar-refractivity contribution in [1.82, 2.24) is 10.6 Å². The van der Waals surface area contributed by atoms with Crippen molar-refractivity contribution in [2.75, 3.05) is 11.9 Å². The minimum Gasteiger partial charge on any atom is -0.378 e. The lowest BCUT2D eigenvalue weighted by Gasteiger charge is -2.37. The first kappa shape index (κ1) is 15.9. The van der Waals surface area contributed by atoms with Crippen LogP contribution >= 0.6 is 0 Å². The van der Waals surface area contributed by atoms with E-state index in [2.05, 4.69) is 58.4 Å². The number of carbonyl (C=O) groups excluding carboxylic acids is 1. The summed E-state index contributed by atoms with van der Waals surface area (Å²) in [4.78, 5) is 12.6. The number of amides is 1. The quantitative estimate of drug-likeness (QED) is 0.792. The SMILES string of the molecule is O=C(NC1CCC1)c1ccc2c(c1)C1NCCC1C(c1ccccc1)N2. The molecule has 3 atom stereocenters. The van der Waals surface area contributed by atoms with Crippen molar-refractivity contribution in [3.05, 3.63) is 65.2 Å². The van der Waals surface area contributed by atoms with Gasteiger partial charge in [-0.3, -0.25) is 4.79 Å². The molecule has 3 aliphatic rings. The molecular formula is C22H25N3O. The smallest absolute Gasteiger partial charge is 0.251 e. The molecular weight excluding hydrogens is 322 g/mol. The Kier molecular flexibility index (Phi) is 3.93. The van der Waals surface area contributed by atoms with Gasteiger partial charge in [-0.1, -0.05) is 30.3 Å². The summed E-state index contributed by atoms with van der Waals surface area (Å²) >= 11 is 0. The highest BCUT2D eigenvalue weighted by atomic mass is 16.1. The fraction of sp³-hybridized carbons (Fsp3) is 0.409. The van der Waals surface area contributed by atoms with Gasteiger partial charge in [-0.2, -0.15) is 0 Å². The molecule has 1 saturated carbocycles. The molecule has 1 saturated heterocycles. The van der Waals surface area contributed by atoms with Crippen LogP contribution < -0.4 is 16.0 Å². The molecule has 2 aromatic carbocycles. The summed E-state index contributed by atoms with van der Waals surface area (Å²) < 4.78 is 0. The number of hydrogen-bond donors (Lipinski definition) is 3. The summed E-state index contributed by atoms with van der Waals surface area (Å²) in [6.45, 7) is 1.03. The molecule has 2 fully saturated rings. The number of rotatable bonds is 3. The summed E-state index contributed by atoms with van der Waals surface area (Å²) in [6.07, 6.45) is 4.61. The fourth-order valence-electron chi connectivity index (χ4n) is 4.60. The Bertz CT molecular complexity index is 815. The van der Waals surface area contributed by atoms with Gasteiger partial charge < -0.3 is 16.0 Å². The van der Waals surface area contributed by atoms with Crippen LogP contribution in [-0.4, -0.2) is 18.5 Å². The molecule has 26 heavy (non-hydrogen) atoms. The van der Waals surface area contributed by atoms with Gasteiger partial charge in [0.05, 0.1) is 6.04 Å². The highest BCUT2D eigenvalue weighted by Crippen LogP contribution is 2.47. The number of fused-ring (bicyclic) bond motifs is 3. The Morgan fingerprint density at radius 3 is 2.62 bits per heavy atom. The second-order valence-electron chi connectivity index (χ2n) is 7.82. The predicted molar refractivity (Wildman–Crippen MR) is 103 cm³/mol. The maximum absolute atomic E-state index is 12.6. The van der Waals surface area contributed by atoms with Gasteiger partial charge in [0.2, 0.25) is 0 Å². The van der Waals surface area contributed by atoms with Gasteiger partial charge in [0.1, 0.15) is 0 Å². The van der Waals surface area contributed by atoms with E-state index in [-0.39, 0.29) is 5.91 Å². The zero-order valence-corrected chi connectivity index (χ0v) is 14.9. The van der Waals surface area contributed by atoms with Crippen LogP contribution in [0.1, 0.15) is 59.3 Å². The Balaban J connectivity index is 1.45. The molecule has 2 aliphatic heterocycles. The summed E-state index contributed by atoms with van der Waals surface area (Å²) in [5.41, 5.74) is 4.50. The van der Waals surface area contributed by atoms with Crippen molar-refractivity contribution in [1.29, 1.82) is 0 Å². The van der Waals surface area contributed by atoms with Crippen LogP contribution in [-0.2, 0) is 0 Å². The zero-order valence-electron chi connectivity index (χ0n) is 14.9. The van der Waals surface area contributed by atoms with Gasteiger partial charge in [0.25, 0.3) is 5.91 Å². The van der Waals surface area contributed by atoms with E-state index in [1.807, 2.05) is 6.07 Å². The van der Waals surface area contributed by atoms with E-state index in [1.54, 1.807) is 0 Å². The van der Waals surface area contributed by atoms with E-state index in [0.29, 0.717) is 24.0 Å². The molecule has 1 amide bonds. The molecule has 3 N–H and O–H groups in total. The van der Waals surface area contributed by atoms with Crippen LogP contribution in [0.3, 0.4) is 0 Å². The summed E-state index contributed by atoms with van der Waals surface area (Å²) in [5.74, 6) is 0.576. The van der Waals surface area contributed by atoms with Crippen LogP contribution in [0.25, 0.3) is 0 Å². The lowest BCUT2D eigenvalue weighted by atomic mass is 9.80. The standard InChI is InChI=1S/C22H25N3O/c26-22(24-16-7-4-8-16)15-9-10-19-18(13-15)21-17(11-12-23-21)20(25-19)14-5-2-1-3-6-14/h1-3,5-6,9-10,13,16-17,20-21,23,25H,4,7-8,11-12H2,(H,24,26). The molecule has 1 aliphatic carbocycles. The predicted octanol–water partition coefficient (Wildman–Crippen LogP) is 3.79. The molecule has 5 rings (SSSR count). The van der Waals surface area contributed by atoms with Crippen molar-refractivity contribution in [2.45, 2.75) is 43.8 Å². The van der Waals surface area contributed by atoms with E-state index in [0.717, 1.165) is 37.1 Å². The molecule has 134 valence electrons. The molecule has 4 heteroatoms. The van der Waals surface area contributed by atoms with E-state index in [4.69, 9.17) is 0 Å². The van der Waals surface area contributed by atoms with Gasteiger partial charge in [-0.05, 0) is 61.6 Å². The monoisotopic (exact) mass is 347 g/mol. The van der Waals surface area contributed by atoms with E-state index < -0.39 is 0 Å². The normalized spacial score (nSPS) is 27.0. The summed E-state index contributed by atoms with van der Waals surface area (Å²) in [6, 6.07) is 17.8. The molecule has 0 spiro atoms.